The summed E-state index contributed by atoms with van der Waals surface area (Å²) in [5.41, 5.74) is 5.14. The number of nitrogens with zero attached hydrogens (tertiary/aromatic N) is 1. The van der Waals surface area contributed by atoms with Gasteiger partial charge in [0.15, 0.2) is 0 Å². The molecule has 0 unspecified atom stereocenters. The first kappa shape index (κ1) is 15.2. The monoisotopic (exact) mass is 258 g/mol. The van der Waals surface area contributed by atoms with Gasteiger partial charge in [-0.25, -0.2) is 4.79 Å². The summed E-state index contributed by atoms with van der Waals surface area (Å²) >= 11 is 0. The van der Waals surface area contributed by atoms with Gasteiger partial charge in [-0.1, -0.05) is 0 Å². The van der Waals surface area contributed by atoms with Gasteiger partial charge in [0.2, 0.25) is 0 Å². The van der Waals surface area contributed by atoms with Crippen LogP contribution >= 0.6 is 0 Å². The number of rotatable bonds is 3. The quantitative estimate of drug-likeness (QED) is 0.804. The first-order valence-corrected chi connectivity index (χ1v) is 6.49. The number of hydrogen-bond donors (Lipinski definition) is 2. The van der Waals surface area contributed by atoms with Crippen LogP contribution in [0.25, 0.3) is 0 Å². The number of carbonyl (C=O) groups is 1. The lowest BCUT2D eigenvalue weighted by molar-refractivity contribution is -0.0183. The lowest BCUT2D eigenvalue weighted by Crippen LogP contribution is -2.62. The van der Waals surface area contributed by atoms with Crippen LogP contribution < -0.4 is 5.73 Å². The van der Waals surface area contributed by atoms with Gasteiger partial charge in [-0.15, -0.1) is 0 Å². The highest BCUT2D eigenvalue weighted by atomic mass is 16.6. The normalized spacial score (nSPS) is 27.9. The minimum atomic E-state index is -0.509. The third kappa shape index (κ3) is 4.14. The van der Waals surface area contributed by atoms with Gasteiger partial charge in [0.1, 0.15) is 5.60 Å². The van der Waals surface area contributed by atoms with Gasteiger partial charge in [-0.3, -0.25) is 0 Å². The fraction of sp³-hybridized carbons (Fsp3) is 0.923. The fourth-order valence-corrected chi connectivity index (χ4v) is 2.13. The van der Waals surface area contributed by atoms with E-state index >= 15 is 0 Å². The summed E-state index contributed by atoms with van der Waals surface area (Å²) in [6.07, 6.45) is 0.407. The topological polar surface area (TPSA) is 75.8 Å². The van der Waals surface area contributed by atoms with E-state index in [4.69, 9.17) is 10.5 Å². The molecule has 0 aromatic carbocycles. The van der Waals surface area contributed by atoms with Gasteiger partial charge in [0.05, 0.1) is 6.10 Å². The van der Waals surface area contributed by atoms with Crippen molar-refractivity contribution in [3.8, 4) is 0 Å². The van der Waals surface area contributed by atoms with Crippen LogP contribution in [0.15, 0.2) is 0 Å². The summed E-state index contributed by atoms with van der Waals surface area (Å²) in [6, 6.07) is 0.0259. The van der Waals surface area contributed by atoms with Gasteiger partial charge in [0, 0.05) is 18.1 Å². The van der Waals surface area contributed by atoms with E-state index in [1.807, 2.05) is 34.6 Å². The van der Waals surface area contributed by atoms with Crippen LogP contribution in [-0.4, -0.2) is 45.9 Å². The highest BCUT2D eigenvalue weighted by molar-refractivity contribution is 5.68. The van der Waals surface area contributed by atoms with E-state index < -0.39 is 11.1 Å². The third-order valence-corrected chi connectivity index (χ3v) is 3.02. The van der Waals surface area contributed by atoms with E-state index in [9.17, 15) is 9.90 Å². The maximum absolute atomic E-state index is 12.1. The Balaban J connectivity index is 2.63. The van der Waals surface area contributed by atoms with Gasteiger partial charge in [-0.05, 0) is 47.5 Å². The zero-order chi connectivity index (χ0) is 14.1. The Morgan fingerprint density at radius 2 is 2.00 bits per heavy atom. The molecule has 0 saturated heterocycles. The van der Waals surface area contributed by atoms with Crippen LogP contribution in [0.3, 0.4) is 0 Å². The zero-order valence-corrected chi connectivity index (χ0v) is 12.1. The van der Waals surface area contributed by atoms with Gasteiger partial charge < -0.3 is 20.5 Å². The molecule has 1 rings (SSSR count). The van der Waals surface area contributed by atoms with Crippen LogP contribution in [0.4, 0.5) is 4.79 Å². The number of ether oxygens (including phenoxy) is 1. The number of amides is 1. The van der Waals surface area contributed by atoms with E-state index in [1.165, 1.54) is 0 Å². The number of nitrogens with two attached hydrogens (primary N) is 1. The van der Waals surface area contributed by atoms with Crippen molar-refractivity contribution in [3.05, 3.63) is 0 Å². The summed E-state index contributed by atoms with van der Waals surface area (Å²) in [6.45, 7) is 9.82. The van der Waals surface area contributed by atoms with Crippen LogP contribution in [-0.2, 0) is 4.74 Å². The average molecular weight is 258 g/mol. The van der Waals surface area contributed by atoms with Crippen LogP contribution in [0.2, 0.25) is 0 Å². The maximum Gasteiger partial charge on any atom is 0.410 e. The minimum Gasteiger partial charge on any atom is -0.444 e. The Morgan fingerprint density at radius 1 is 1.50 bits per heavy atom. The molecular weight excluding hydrogens is 232 g/mol. The molecule has 106 valence electrons. The molecule has 0 aromatic rings. The van der Waals surface area contributed by atoms with Crippen molar-refractivity contribution >= 4 is 6.09 Å². The maximum atomic E-state index is 12.1. The van der Waals surface area contributed by atoms with Crippen molar-refractivity contribution in [2.75, 3.05) is 6.54 Å². The number of carbonyl (C=O) groups excluding carboxylic acids is 1. The van der Waals surface area contributed by atoms with E-state index in [0.717, 1.165) is 0 Å². The molecule has 18 heavy (non-hydrogen) atoms. The van der Waals surface area contributed by atoms with Gasteiger partial charge in [0.25, 0.3) is 0 Å². The SMILES string of the molecule is CC(C)N(CC1(N)CC(O)C1)C(=O)OC(C)(C)C. The van der Waals surface area contributed by atoms with Crippen LogP contribution in [0.5, 0.6) is 0 Å². The average Bonchev–Trinajstić information content (AvgIpc) is 2.08. The molecule has 0 aliphatic heterocycles. The molecule has 1 aliphatic carbocycles. The lowest BCUT2D eigenvalue weighted by atomic mass is 9.75. The Hall–Kier alpha value is -0.810. The molecule has 0 radical (unpaired) electrons. The van der Waals surface area contributed by atoms with Gasteiger partial charge >= 0.3 is 6.09 Å². The summed E-state index contributed by atoms with van der Waals surface area (Å²) in [5.74, 6) is 0. The Kier molecular flexibility index (Phi) is 4.28. The smallest absolute Gasteiger partial charge is 0.410 e. The van der Waals surface area contributed by atoms with E-state index in [1.54, 1.807) is 4.90 Å². The second-order valence-electron chi connectivity index (χ2n) is 6.63. The predicted octanol–water partition coefficient (Wildman–Crippen LogP) is 1.48. The number of aliphatic hydroxyl groups is 1. The molecule has 5 nitrogen and oxygen atoms in total. The first-order chi connectivity index (χ1) is 8.02. The molecule has 0 bridgehead atoms. The summed E-state index contributed by atoms with van der Waals surface area (Å²) < 4.78 is 5.37. The summed E-state index contributed by atoms with van der Waals surface area (Å²) in [7, 11) is 0. The Bertz CT molecular complexity index is 304. The van der Waals surface area contributed by atoms with Crippen molar-refractivity contribution < 1.29 is 14.6 Å². The second-order valence-corrected chi connectivity index (χ2v) is 6.63. The third-order valence-electron chi connectivity index (χ3n) is 3.02. The second kappa shape index (κ2) is 5.05. The Labute approximate surface area is 109 Å². The summed E-state index contributed by atoms with van der Waals surface area (Å²) in [4.78, 5) is 13.7. The molecule has 3 N–H and O–H groups in total. The standard InChI is InChI=1S/C13H26N2O3/c1-9(2)15(11(17)18-12(3,4)5)8-13(14)6-10(16)7-13/h9-10,16H,6-8,14H2,1-5H3. The molecule has 0 heterocycles. The van der Waals surface area contributed by atoms with Gasteiger partial charge in [-0.2, -0.15) is 0 Å². The summed E-state index contributed by atoms with van der Waals surface area (Å²) in [5, 5.41) is 9.35. The highest BCUT2D eigenvalue weighted by Crippen LogP contribution is 2.31. The van der Waals surface area contributed by atoms with E-state index in [0.29, 0.717) is 19.4 Å². The molecule has 1 aliphatic rings. The van der Waals surface area contributed by atoms with Crippen molar-refractivity contribution in [2.45, 2.75) is 70.7 Å². The van der Waals surface area contributed by atoms with E-state index in [-0.39, 0.29) is 18.2 Å². The van der Waals surface area contributed by atoms with Crippen molar-refractivity contribution in [1.29, 1.82) is 0 Å². The molecule has 0 spiro atoms. The molecular formula is C13H26N2O3. The van der Waals surface area contributed by atoms with Crippen molar-refractivity contribution in [3.63, 3.8) is 0 Å². The van der Waals surface area contributed by atoms with Crippen molar-refractivity contribution in [1.82, 2.24) is 4.90 Å². The molecule has 0 aromatic heterocycles. The Morgan fingerprint density at radius 3 is 2.33 bits per heavy atom. The highest BCUT2D eigenvalue weighted by Gasteiger charge is 2.43. The minimum absolute atomic E-state index is 0.0259. The molecule has 1 amide bonds. The molecule has 1 saturated carbocycles. The van der Waals surface area contributed by atoms with E-state index in [2.05, 4.69) is 0 Å². The zero-order valence-electron chi connectivity index (χ0n) is 12.1. The fourth-order valence-electron chi connectivity index (χ4n) is 2.13. The largest absolute Gasteiger partial charge is 0.444 e. The number of aliphatic hydroxyl groups excluding tert-OH is 1. The molecule has 5 heteroatoms. The van der Waals surface area contributed by atoms with Crippen LogP contribution in [0.1, 0.15) is 47.5 Å². The van der Waals surface area contributed by atoms with Crippen LogP contribution in [0, 0.1) is 0 Å². The van der Waals surface area contributed by atoms with Crippen molar-refractivity contribution in [2.24, 2.45) is 5.73 Å². The number of hydrogen-bond acceptors (Lipinski definition) is 4. The molecule has 0 atom stereocenters. The predicted molar refractivity (Wildman–Crippen MR) is 70.2 cm³/mol. The first-order valence-electron chi connectivity index (χ1n) is 6.49. The lowest BCUT2D eigenvalue weighted by Gasteiger charge is -2.46. The molecule has 1 fully saturated rings.